The molecular weight excluding hydrogens is 421 g/mol. The Morgan fingerprint density at radius 1 is 1.17 bits per heavy atom. The van der Waals surface area contributed by atoms with E-state index in [0.29, 0.717) is 36.1 Å². The summed E-state index contributed by atoms with van der Waals surface area (Å²) >= 11 is 12.2. The Hall–Kier alpha value is -2.08. The number of likely N-dealkylation sites (tertiary alicyclic amines) is 1. The Bertz CT molecular complexity index is 950. The third-order valence-electron chi connectivity index (χ3n) is 5.94. The van der Waals surface area contributed by atoms with Gasteiger partial charge in [-0.25, -0.2) is 0 Å². The molecule has 0 radical (unpaired) electrons. The summed E-state index contributed by atoms with van der Waals surface area (Å²) in [5.41, 5.74) is 7.55. The molecule has 160 valence electrons. The molecule has 0 bridgehead atoms. The van der Waals surface area contributed by atoms with Crippen molar-refractivity contribution in [2.45, 2.75) is 51.2 Å². The lowest BCUT2D eigenvalue weighted by molar-refractivity contribution is -0.145. The van der Waals surface area contributed by atoms with Gasteiger partial charge in [-0.2, -0.15) is 0 Å². The molecule has 0 spiro atoms. The van der Waals surface area contributed by atoms with Crippen LogP contribution in [-0.4, -0.2) is 28.8 Å². The van der Waals surface area contributed by atoms with E-state index >= 15 is 0 Å². The molecular formula is C23H27Cl2N3O2. The van der Waals surface area contributed by atoms with E-state index in [0.717, 1.165) is 23.1 Å². The molecule has 1 heterocycles. The number of hydrogen-bond acceptors (Lipinski definition) is 3. The first-order valence-corrected chi connectivity index (χ1v) is 10.8. The van der Waals surface area contributed by atoms with Crippen molar-refractivity contribution in [3.05, 3.63) is 69.2 Å². The molecule has 1 aliphatic rings. The Morgan fingerprint density at radius 2 is 1.90 bits per heavy atom. The van der Waals surface area contributed by atoms with Crippen molar-refractivity contribution in [1.29, 1.82) is 0 Å². The molecule has 1 saturated heterocycles. The summed E-state index contributed by atoms with van der Waals surface area (Å²) in [6, 6.07) is 12.7. The third-order valence-corrected chi connectivity index (χ3v) is 6.41. The molecule has 0 saturated carbocycles. The topological polar surface area (TPSA) is 75.4 Å². The smallest absolute Gasteiger partial charge is 0.245 e. The number of nitrogens with two attached hydrogens (primary N) is 1. The third kappa shape index (κ3) is 4.64. The minimum Gasteiger partial charge on any atom is -0.350 e. The van der Waals surface area contributed by atoms with Crippen LogP contribution < -0.4 is 11.1 Å². The van der Waals surface area contributed by atoms with E-state index in [2.05, 4.69) is 5.32 Å². The lowest BCUT2D eigenvalue weighted by Crippen LogP contribution is -2.56. The van der Waals surface area contributed by atoms with E-state index in [1.54, 1.807) is 23.1 Å². The largest absolute Gasteiger partial charge is 0.350 e. The summed E-state index contributed by atoms with van der Waals surface area (Å²) < 4.78 is 0. The molecule has 2 unspecified atom stereocenters. The van der Waals surface area contributed by atoms with Gasteiger partial charge in [0.25, 0.3) is 0 Å². The molecule has 2 aromatic rings. The fourth-order valence-electron chi connectivity index (χ4n) is 4.03. The first-order valence-electron chi connectivity index (χ1n) is 10.1. The van der Waals surface area contributed by atoms with Crippen molar-refractivity contribution < 1.29 is 9.59 Å². The molecule has 1 fully saturated rings. The maximum atomic E-state index is 13.3. The van der Waals surface area contributed by atoms with Crippen molar-refractivity contribution in [3.8, 4) is 0 Å². The van der Waals surface area contributed by atoms with Gasteiger partial charge in [0.15, 0.2) is 0 Å². The molecule has 1 aliphatic heterocycles. The number of amides is 2. The van der Waals surface area contributed by atoms with Crippen LogP contribution in [-0.2, 0) is 22.7 Å². The monoisotopic (exact) mass is 447 g/mol. The van der Waals surface area contributed by atoms with Crippen LogP contribution in [0.1, 0.15) is 49.3 Å². The standard InChI is InChI=1S/C23H27Cl2N3O2/c1-15(16-5-3-6-19(24)11-16)21(29)28-10-4-9-23(28,2)22(30)27-14-18-12-20(25)8-7-17(18)13-26/h3,5-8,11-12,15H,4,9-10,13-14,26H2,1-2H3,(H,27,30). The predicted octanol–water partition coefficient (Wildman–Crippen LogP) is 4.25. The highest BCUT2D eigenvalue weighted by Gasteiger charge is 2.46. The van der Waals surface area contributed by atoms with Gasteiger partial charge in [0.1, 0.15) is 5.54 Å². The van der Waals surface area contributed by atoms with Crippen LogP contribution in [0.5, 0.6) is 0 Å². The highest BCUT2D eigenvalue weighted by molar-refractivity contribution is 6.31. The second kappa shape index (κ2) is 9.38. The average molecular weight is 448 g/mol. The second-order valence-electron chi connectivity index (χ2n) is 7.94. The van der Waals surface area contributed by atoms with Crippen LogP contribution in [0.2, 0.25) is 10.0 Å². The molecule has 30 heavy (non-hydrogen) atoms. The van der Waals surface area contributed by atoms with Crippen LogP contribution in [0.4, 0.5) is 0 Å². The van der Waals surface area contributed by atoms with Crippen LogP contribution in [0.15, 0.2) is 42.5 Å². The quantitative estimate of drug-likeness (QED) is 0.694. The van der Waals surface area contributed by atoms with E-state index in [9.17, 15) is 9.59 Å². The molecule has 2 aromatic carbocycles. The Balaban J connectivity index is 1.74. The zero-order chi connectivity index (χ0) is 21.9. The fourth-order valence-corrected chi connectivity index (χ4v) is 4.42. The van der Waals surface area contributed by atoms with Crippen molar-refractivity contribution in [2.24, 2.45) is 5.73 Å². The van der Waals surface area contributed by atoms with Gasteiger partial charge in [-0.3, -0.25) is 9.59 Å². The SMILES string of the molecule is CC(C(=O)N1CCCC1(C)C(=O)NCc1cc(Cl)ccc1CN)c1cccc(Cl)c1. The van der Waals surface area contributed by atoms with Crippen molar-refractivity contribution in [2.75, 3.05) is 6.54 Å². The number of benzene rings is 2. The van der Waals surface area contributed by atoms with E-state index in [4.69, 9.17) is 28.9 Å². The fraction of sp³-hybridized carbons (Fsp3) is 0.391. The molecule has 2 atom stereocenters. The van der Waals surface area contributed by atoms with Crippen molar-refractivity contribution in [3.63, 3.8) is 0 Å². The molecule has 5 nitrogen and oxygen atoms in total. The molecule has 3 rings (SSSR count). The first kappa shape index (κ1) is 22.6. The van der Waals surface area contributed by atoms with E-state index in [1.807, 2.05) is 38.1 Å². The van der Waals surface area contributed by atoms with Crippen LogP contribution in [0, 0.1) is 0 Å². The summed E-state index contributed by atoms with van der Waals surface area (Å²) in [6.45, 7) is 4.91. The molecule has 2 amide bonds. The number of halogens is 2. The molecule has 7 heteroatoms. The highest BCUT2D eigenvalue weighted by atomic mass is 35.5. The number of rotatable bonds is 6. The summed E-state index contributed by atoms with van der Waals surface area (Å²) in [6.07, 6.45) is 1.40. The number of hydrogen-bond donors (Lipinski definition) is 2. The minimum absolute atomic E-state index is 0.0715. The van der Waals surface area contributed by atoms with Gasteiger partial charge in [0, 0.05) is 29.7 Å². The normalized spacial score (nSPS) is 19.6. The maximum Gasteiger partial charge on any atom is 0.245 e. The Labute approximate surface area is 187 Å². The summed E-state index contributed by atoms with van der Waals surface area (Å²) in [4.78, 5) is 28.1. The molecule has 3 N–H and O–H groups in total. The predicted molar refractivity (Wildman–Crippen MR) is 120 cm³/mol. The summed E-state index contributed by atoms with van der Waals surface area (Å²) in [7, 11) is 0. The van der Waals surface area contributed by atoms with E-state index in [-0.39, 0.29) is 17.7 Å². The van der Waals surface area contributed by atoms with E-state index < -0.39 is 5.54 Å². The lowest BCUT2D eigenvalue weighted by Gasteiger charge is -2.35. The number of nitrogens with one attached hydrogen (secondary N) is 1. The molecule has 0 aromatic heterocycles. The van der Waals surface area contributed by atoms with Crippen LogP contribution in [0.3, 0.4) is 0 Å². The van der Waals surface area contributed by atoms with Crippen molar-refractivity contribution in [1.82, 2.24) is 10.2 Å². The van der Waals surface area contributed by atoms with Gasteiger partial charge in [0.05, 0.1) is 5.92 Å². The van der Waals surface area contributed by atoms with Gasteiger partial charge in [-0.15, -0.1) is 0 Å². The summed E-state index contributed by atoms with van der Waals surface area (Å²) in [5.74, 6) is -0.627. The van der Waals surface area contributed by atoms with Gasteiger partial charge in [-0.05, 0) is 67.6 Å². The second-order valence-corrected chi connectivity index (χ2v) is 8.82. The van der Waals surface area contributed by atoms with Gasteiger partial charge >= 0.3 is 0 Å². The minimum atomic E-state index is -0.897. The number of carbonyl (C=O) groups excluding carboxylic acids is 2. The molecule has 0 aliphatic carbocycles. The zero-order valence-corrected chi connectivity index (χ0v) is 18.8. The van der Waals surface area contributed by atoms with E-state index in [1.165, 1.54) is 0 Å². The van der Waals surface area contributed by atoms with Crippen LogP contribution >= 0.6 is 23.2 Å². The lowest BCUT2D eigenvalue weighted by atomic mass is 9.94. The van der Waals surface area contributed by atoms with Gasteiger partial charge in [0.2, 0.25) is 11.8 Å². The highest BCUT2D eigenvalue weighted by Crippen LogP contribution is 2.33. The maximum absolute atomic E-state index is 13.3. The Morgan fingerprint density at radius 3 is 2.60 bits per heavy atom. The van der Waals surface area contributed by atoms with Crippen LogP contribution in [0.25, 0.3) is 0 Å². The van der Waals surface area contributed by atoms with Gasteiger partial charge < -0.3 is 16.0 Å². The number of nitrogens with zero attached hydrogens (tertiary/aromatic N) is 1. The van der Waals surface area contributed by atoms with Gasteiger partial charge in [-0.1, -0.05) is 41.4 Å². The average Bonchev–Trinajstić information content (AvgIpc) is 3.13. The summed E-state index contributed by atoms with van der Waals surface area (Å²) in [5, 5.41) is 4.17. The van der Waals surface area contributed by atoms with Crippen molar-refractivity contribution >= 4 is 35.0 Å². The Kier molecular flexibility index (Phi) is 7.06. The zero-order valence-electron chi connectivity index (χ0n) is 17.3. The number of carbonyl (C=O) groups is 2. The first-order chi connectivity index (χ1) is 14.3.